The molecule has 0 spiro atoms. The zero-order chi connectivity index (χ0) is 36.3. The molecule has 4 atom stereocenters. The van der Waals surface area contributed by atoms with E-state index in [1.165, 1.54) is 42.2 Å². The zero-order valence-corrected chi connectivity index (χ0v) is 28.8. The Hall–Kier alpha value is -5.76. The summed E-state index contributed by atoms with van der Waals surface area (Å²) < 4.78 is 40.0. The van der Waals surface area contributed by atoms with Gasteiger partial charge in [0.1, 0.15) is 29.2 Å². The monoisotopic (exact) mass is 711 g/mol. The molecule has 2 aliphatic rings. The lowest BCUT2D eigenvalue weighted by atomic mass is 10.1. The first-order chi connectivity index (χ1) is 24.4. The van der Waals surface area contributed by atoms with Crippen molar-refractivity contribution in [1.82, 2.24) is 25.2 Å². The lowest BCUT2D eigenvalue weighted by Gasteiger charge is -2.26. The molecule has 4 amide bonds. The lowest BCUT2D eigenvalue weighted by molar-refractivity contribution is -0.139. The van der Waals surface area contributed by atoms with Crippen LogP contribution in [-0.4, -0.2) is 79.8 Å². The van der Waals surface area contributed by atoms with Crippen LogP contribution in [0.25, 0.3) is 22.2 Å². The maximum atomic E-state index is 14.0. The van der Waals surface area contributed by atoms with E-state index in [2.05, 4.69) is 21.9 Å². The fourth-order valence-corrected chi connectivity index (χ4v) is 7.31. The highest BCUT2D eigenvalue weighted by molar-refractivity contribution is 7.90. The number of amides is 4. The number of methoxy groups -OCH3 is 1. The molecule has 0 unspecified atom stereocenters. The van der Waals surface area contributed by atoms with Crippen LogP contribution in [0.3, 0.4) is 0 Å². The van der Waals surface area contributed by atoms with Crippen molar-refractivity contribution in [3.8, 4) is 22.8 Å². The molecule has 1 aliphatic carbocycles. The molecule has 1 aromatic heterocycles. The molecule has 264 valence electrons. The summed E-state index contributed by atoms with van der Waals surface area (Å²) in [6.07, 6.45) is 0.941. The van der Waals surface area contributed by atoms with Gasteiger partial charge in [-0.05, 0) is 30.7 Å². The molecule has 2 heterocycles. The number of nitrogens with one attached hydrogen (secondary N) is 3. The van der Waals surface area contributed by atoms with E-state index in [1.807, 2.05) is 36.4 Å². The number of hydrogen-bond acceptors (Lipinski definition) is 9. The van der Waals surface area contributed by atoms with E-state index in [4.69, 9.17) is 14.5 Å². The molecule has 0 radical (unpaired) electrons. The van der Waals surface area contributed by atoms with E-state index in [9.17, 15) is 27.6 Å². The van der Waals surface area contributed by atoms with Crippen LogP contribution in [0.4, 0.5) is 0 Å². The highest BCUT2D eigenvalue weighted by atomic mass is 32.2. The average molecular weight is 712 g/mol. The fraction of sp³-hybridized carbons (Fsp3) is 0.270. The molecule has 3 aromatic carbocycles. The third-order valence-electron chi connectivity index (χ3n) is 9.05. The third kappa shape index (κ3) is 7.41. The van der Waals surface area contributed by atoms with E-state index in [-0.39, 0.29) is 30.8 Å². The number of aromatic nitrogens is 1. The summed E-state index contributed by atoms with van der Waals surface area (Å²) in [6.45, 7) is 4.65. The van der Waals surface area contributed by atoms with Crippen LogP contribution in [-0.2, 0) is 29.2 Å². The van der Waals surface area contributed by atoms with Gasteiger partial charge in [-0.1, -0.05) is 54.6 Å². The number of rotatable bonds is 12. The Morgan fingerprint density at radius 2 is 1.73 bits per heavy atom. The predicted molar refractivity (Wildman–Crippen MR) is 188 cm³/mol. The Bertz CT molecular complexity index is 2110. The average Bonchev–Trinajstić information content (AvgIpc) is 3.69. The first kappa shape index (κ1) is 35.1. The van der Waals surface area contributed by atoms with Crippen molar-refractivity contribution in [3.05, 3.63) is 97.6 Å². The molecule has 1 saturated carbocycles. The molecular weight excluding hydrogens is 675 g/mol. The molecule has 1 aliphatic heterocycles. The summed E-state index contributed by atoms with van der Waals surface area (Å²) in [5, 5.41) is 5.90. The Kier molecular flexibility index (Phi) is 9.79. The van der Waals surface area contributed by atoms with Gasteiger partial charge in [0, 0.05) is 42.3 Å². The van der Waals surface area contributed by atoms with Gasteiger partial charge in [0.25, 0.3) is 15.9 Å². The summed E-state index contributed by atoms with van der Waals surface area (Å²) in [6, 6.07) is 23.0. The molecule has 2 fully saturated rings. The number of carbonyl (C=O) groups excluding carboxylic acids is 4. The van der Waals surface area contributed by atoms with Crippen LogP contribution in [0.5, 0.6) is 11.5 Å². The topological polar surface area (TPSA) is 173 Å². The van der Waals surface area contributed by atoms with Crippen LogP contribution in [0.2, 0.25) is 0 Å². The third-order valence-corrected chi connectivity index (χ3v) is 10.4. The molecule has 13 nitrogen and oxygen atoms in total. The second-order valence-corrected chi connectivity index (χ2v) is 14.1. The maximum absolute atomic E-state index is 14.0. The maximum Gasteiger partial charge on any atom is 0.264 e. The Morgan fingerprint density at radius 1 is 1.02 bits per heavy atom. The van der Waals surface area contributed by atoms with Gasteiger partial charge < -0.3 is 25.0 Å². The number of fused-ring (bicyclic) bond motifs is 1. The Morgan fingerprint density at radius 3 is 2.37 bits per heavy atom. The first-order valence-corrected chi connectivity index (χ1v) is 17.7. The summed E-state index contributed by atoms with van der Waals surface area (Å²) in [7, 11) is -2.68. The van der Waals surface area contributed by atoms with Crippen LogP contribution >= 0.6 is 0 Å². The minimum Gasteiger partial charge on any atom is -0.497 e. The number of benzene rings is 3. The highest BCUT2D eigenvalue weighted by Crippen LogP contribution is 2.45. The molecule has 0 bridgehead atoms. The zero-order valence-electron chi connectivity index (χ0n) is 28.0. The van der Waals surface area contributed by atoms with Crippen molar-refractivity contribution in [2.24, 2.45) is 5.92 Å². The van der Waals surface area contributed by atoms with Crippen molar-refractivity contribution in [3.63, 3.8) is 0 Å². The van der Waals surface area contributed by atoms with E-state index in [0.29, 0.717) is 28.1 Å². The molecular formula is C37H37N5O8S. The first-order valence-electron chi connectivity index (χ1n) is 16.3. The molecule has 1 saturated heterocycles. The van der Waals surface area contributed by atoms with Crippen molar-refractivity contribution in [2.75, 3.05) is 20.2 Å². The van der Waals surface area contributed by atoms with Gasteiger partial charge in [-0.2, -0.15) is 0 Å². The number of hydrogen-bond donors (Lipinski definition) is 3. The lowest BCUT2D eigenvalue weighted by Crippen LogP contribution is -2.56. The van der Waals surface area contributed by atoms with Gasteiger partial charge in [0.2, 0.25) is 17.7 Å². The molecule has 6 rings (SSSR count). The Labute approximate surface area is 295 Å². The van der Waals surface area contributed by atoms with E-state index >= 15 is 0 Å². The second kappa shape index (κ2) is 14.2. The molecule has 51 heavy (non-hydrogen) atoms. The second-order valence-electron chi connectivity index (χ2n) is 12.5. The van der Waals surface area contributed by atoms with Gasteiger partial charge in [0.15, 0.2) is 0 Å². The fourth-order valence-electron chi connectivity index (χ4n) is 6.25. The largest absolute Gasteiger partial charge is 0.497 e. The van der Waals surface area contributed by atoms with Gasteiger partial charge in [-0.15, -0.1) is 6.58 Å². The number of carbonyl (C=O) groups is 4. The number of nitrogens with zero attached hydrogens (tertiary/aromatic N) is 2. The highest BCUT2D eigenvalue weighted by Gasteiger charge is 2.61. The van der Waals surface area contributed by atoms with Gasteiger partial charge in [0.05, 0.1) is 36.3 Å². The minimum atomic E-state index is -4.24. The van der Waals surface area contributed by atoms with E-state index in [0.717, 1.165) is 5.56 Å². The molecule has 14 heteroatoms. The smallest absolute Gasteiger partial charge is 0.264 e. The molecule has 3 N–H and O–H groups in total. The van der Waals surface area contributed by atoms with Crippen LogP contribution in [0, 0.1) is 5.92 Å². The summed E-state index contributed by atoms with van der Waals surface area (Å²) >= 11 is 0. The minimum absolute atomic E-state index is 0.0103. The van der Waals surface area contributed by atoms with Crippen LogP contribution < -0.4 is 24.8 Å². The number of ether oxygens (including phenoxy) is 2. The predicted octanol–water partition coefficient (Wildman–Crippen LogP) is 2.96. The summed E-state index contributed by atoms with van der Waals surface area (Å²) in [4.78, 5) is 58.7. The van der Waals surface area contributed by atoms with Gasteiger partial charge >= 0.3 is 0 Å². The van der Waals surface area contributed by atoms with Crippen molar-refractivity contribution in [2.45, 2.75) is 42.3 Å². The molecule has 4 aromatic rings. The van der Waals surface area contributed by atoms with Crippen molar-refractivity contribution >= 4 is 44.6 Å². The number of pyridine rings is 1. The standard InChI is InChI=1S/C37H37N5O8S/c1-4-25-20-37(25,36(46)41-51(47,48)28-13-9-6-10-14-28)40-35(45)32-18-27(22-42(32)34(44)21-38-23(2)43)50-33-19-30(24-11-7-5-8-12-24)39-31-17-26(49-3)15-16-29(31)33/h4-17,19,25,27,32H,1,18,20-22H2,2-3H3,(H,38,43)(H,40,45)(H,41,46)/t25-,27-,32+,37-/m1/s1. The van der Waals surface area contributed by atoms with Crippen LogP contribution in [0.1, 0.15) is 19.8 Å². The Balaban J connectivity index is 1.28. The van der Waals surface area contributed by atoms with Crippen molar-refractivity contribution in [1.29, 1.82) is 0 Å². The van der Waals surface area contributed by atoms with E-state index in [1.54, 1.807) is 31.4 Å². The van der Waals surface area contributed by atoms with Crippen LogP contribution in [0.15, 0.2) is 102 Å². The van der Waals surface area contributed by atoms with Gasteiger partial charge in [-0.25, -0.2) is 18.1 Å². The number of sulfonamides is 1. The van der Waals surface area contributed by atoms with Crippen molar-refractivity contribution < 1.29 is 37.1 Å². The quantitative estimate of drug-likeness (QED) is 0.187. The van der Waals surface area contributed by atoms with E-state index < -0.39 is 57.3 Å². The summed E-state index contributed by atoms with van der Waals surface area (Å²) in [5.74, 6) is -2.04. The summed E-state index contributed by atoms with van der Waals surface area (Å²) in [5.41, 5.74) is 0.498. The number of likely N-dealkylation sites (tertiary alicyclic amines) is 1. The normalized spacial score (nSPS) is 21.0. The van der Waals surface area contributed by atoms with Gasteiger partial charge in [-0.3, -0.25) is 19.2 Å². The SMILES string of the molecule is C=C[C@@H]1C[C@]1(NC(=O)[C@@H]1C[C@@H](Oc2cc(-c3ccccc3)nc3cc(OC)ccc23)CN1C(=O)CNC(C)=O)C(=O)NS(=O)(=O)c1ccccc1.